The Morgan fingerprint density at radius 1 is 1.35 bits per heavy atom. The molecule has 1 rings (SSSR count). The van der Waals surface area contributed by atoms with E-state index in [0.717, 1.165) is 5.56 Å². The second-order valence-electron chi connectivity index (χ2n) is 5.86. The van der Waals surface area contributed by atoms with E-state index in [0.29, 0.717) is 5.69 Å². The van der Waals surface area contributed by atoms with Gasteiger partial charge in [0.15, 0.2) is 0 Å². The lowest BCUT2D eigenvalue weighted by atomic mass is 10.1. The molecule has 2 N–H and O–H groups in total. The third kappa shape index (κ3) is 4.53. The maximum Gasteiger partial charge on any atom is 0.271 e. The quantitative estimate of drug-likeness (QED) is 0.655. The Hall–Kier alpha value is -2.11. The minimum Gasteiger partial charge on any atom is -0.373 e. The van der Waals surface area contributed by atoms with E-state index in [4.69, 9.17) is 0 Å². The van der Waals surface area contributed by atoms with Crippen molar-refractivity contribution in [1.82, 2.24) is 5.32 Å². The van der Waals surface area contributed by atoms with Crippen LogP contribution in [-0.2, 0) is 4.79 Å². The average molecular weight is 279 g/mol. The molecule has 1 amide bonds. The Kier molecular flexibility index (Phi) is 4.70. The molecule has 6 heteroatoms. The molecule has 20 heavy (non-hydrogen) atoms. The number of rotatable bonds is 4. The number of nitrogens with one attached hydrogen (secondary N) is 2. The molecule has 0 fully saturated rings. The SMILES string of the molecule is Cc1ccc([N+](=O)[O-])cc1NC(C)C(=O)NC(C)(C)C. The Bertz CT molecular complexity index is 521. The van der Waals surface area contributed by atoms with Crippen LogP contribution in [0.4, 0.5) is 11.4 Å². The molecule has 0 saturated heterocycles. The molecule has 1 atom stereocenters. The molecule has 0 bridgehead atoms. The molecule has 0 heterocycles. The van der Waals surface area contributed by atoms with Gasteiger partial charge >= 0.3 is 0 Å². The van der Waals surface area contributed by atoms with E-state index in [2.05, 4.69) is 10.6 Å². The lowest BCUT2D eigenvalue weighted by molar-refractivity contribution is -0.384. The zero-order valence-corrected chi connectivity index (χ0v) is 12.5. The van der Waals surface area contributed by atoms with E-state index in [-0.39, 0.29) is 17.1 Å². The number of hydrogen-bond acceptors (Lipinski definition) is 4. The molecule has 0 aliphatic rings. The van der Waals surface area contributed by atoms with Gasteiger partial charge < -0.3 is 10.6 Å². The number of anilines is 1. The minimum absolute atomic E-state index is 0.00142. The number of carbonyl (C=O) groups excluding carboxylic acids is 1. The van der Waals surface area contributed by atoms with Gasteiger partial charge in [0.25, 0.3) is 5.69 Å². The van der Waals surface area contributed by atoms with Crippen LogP contribution in [0.5, 0.6) is 0 Å². The maximum absolute atomic E-state index is 12.0. The third-order valence-corrected chi connectivity index (χ3v) is 2.70. The lowest BCUT2D eigenvalue weighted by Gasteiger charge is -2.24. The van der Waals surface area contributed by atoms with Gasteiger partial charge in [-0.05, 0) is 40.2 Å². The predicted molar refractivity (Wildman–Crippen MR) is 78.8 cm³/mol. The smallest absolute Gasteiger partial charge is 0.271 e. The highest BCUT2D eigenvalue weighted by atomic mass is 16.6. The minimum atomic E-state index is -0.477. The third-order valence-electron chi connectivity index (χ3n) is 2.70. The maximum atomic E-state index is 12.0. The second kappa shape index (κ2) is 5.90. The summed E-state index contributed by atoms with van der Waals surface area (Å²) in [6.45, 7) is 9.25. The van der Waals surface area contributed by atoms with Gasteiger partial charge in [-0.3, -0.25) is 14.9 Å². The number of hydrogen-bond donors (Lipinski definition) is 2. The number of nitrogens with zero attached hydrogens (tertiary/aromatic N) is 1. The zero-order valence-electron chi connectivity index (χ0n) is 12.5. The molecule has 1 unspecified atom stereocenters. The molecule has 0 saturated carbocycles. The highest BCUT2D eigenvalue weighted by molar-refractivity contribution is 5.85. The fourth-order valence-electron chi connectivity index (χ4n) is 1.66. The van der Waals surface area contributed by atoms with Crippen molar-refractivity contribution in [2.75, 3.05) is 5.32 Å². The van der Waals surface area contributed by atoms with Gasteiger partial charge in [0.05, 0.1) is 4.92 Å². The van der Waals surface area contributed by atoms with E-state index in [1.807, 2.05) is 27.7 Å². The number of nitro benzene ring substituents is 1. The van der Waals surface area contributed by atoms with Crippen LogP contribution >= 0.6 is 0 Å². The van der Waals surface area contributed by atoms with Crippen LogP contribution in [0.15, 0.2) is 18.2 Å². The number of carbonyl (C=O) groups is 1. The summed E-state index contributed by atoms with van der Waals surface area (Å²) in [4.78, 5) is 22.3. The van der Waals surface area contributed by atoms with Crippen LogP contribution in [0.2, 0.25) is 0 Å². The first-order chi connectivity index (χ1) is 9.10. The molecule has 0 aromatic heterocycles. The summed E-state index contributed by atoms with van der Waals surface area (Å²) in [5.74, 6) is -0.150. The van der Waals surface area contributed by atoms with Crippen LogP contribution in [0.1, 0.15) is 33.3 Å². The standard InChI is InChI=1S/C14H21N3O3/c1-9-6-7-11(17(19)20)8-12(9)15-10(2)13(18)16-14(3,4)5/h6-8,10,15H,1-5H3,(H,16,18). The van der Waals surface area contributed by atoms with Crippen molar-refractivity contribution < 1.29 is 9.72 Å². The van der Waals surface area contributed by atoms with E-state index in [1.165, 1.54) is 12.1 Å². The summed E-state index contributed by atoms with van der Waals surface area (Å²) in [7, 11) is 0. The van der Waals surface area contributed by atoms with Crippen molar-refractivity contribution >= 4 is 17.3 Å². The number of non-ortho nitro benzene ring substituents is 1. The highest BCUT2D eigenvalue weighted by Gasteiger charge is 2.20. The second-order valence-corrected chi connectivity index (χ2v) is 5.86. The predicted octanol–water partition coefficient (Wildman–Crippen LogP) is 2.62. The first-order valence-corrected chi connectivity index (χ1v) is 6.44. The van der Waals surface area contributed by atoms with Crippen molar-refractivity contribution in [3.05, 3.63) is 33.9 Å². The molecule has 0 radical (unpaired) electrons. The van der Waals surface area contributed by atoms with Gasteiger partial charge in [0.2, 0.25) is 5.91 Å². The molecule has 1 aromatic rings. The van der Waals surface area contributed by atoms with Gasteiger partial charge in [-0.25, -0.2) is 0 Å². The van der Waals surface area contributed by atoms with Gasteiger partial charge in [-0.15, -0.1) is 0 Å². The molecular weight excluding hydrogens is 258 g/mol. The molecule has 0 aliphatic heterocycles. The first-order valence-electron chi connectivity index (χ1n) is 6.44. The summed E-state index contributed by atoms with van der Waals surface area (Å²) in [5, 5.41) is 16.6. The van der Waals surface area contributed by atoms with E-state index in [1.54, 1.807) is 13.0 Å². The summed E-state index contributed by atoms with van der Waals surface area (Å²) >= 11 is 0. The Labute approximate surface area is 118 Å². The fraction of sp³-hybridized carbons (Fsp3) is 0.500. The number of benzene rings is 1. The van der Waals surface area contributed by atoms with Crippen LogP contribution in [0.25, 0.3) is 0 Å². The van der Waals surface area contributed by atoms with E-state index in [9.17, 15) is 14.9 Å². The molecule has 6 nitrogen and oxygen atoms in total. The van der Waals surface area contributed by atoms with Gasteiger partial charge in [0.1, 0.15) is 6.04 Å². The summed E-state index contributed by atoms with van der Waals surface area (Å²) in [6, 6.07) is 4.07. The van der Waals surface area contributed by atoms with Crippen molar-refractivity contribution in [3.63, 3.8) is 0 Å². The van der Waals surface area contributed by atoms with Crippen LogP contribution < -0.4 is 10.6 Å². The van der Waals surface area contributed by atoms with Crippen molar-refractivity contribution in [2.45, 2.75) is 46.2 Å². The van der Waals surface area contributed by atoms with Crippen LogP contribution in [0, 0.1) is 17.0 Å². The van der Waals surface area contributed by atoms with Crippen LogP contribution in [0.3, 0.4) is 0 Å². The monoisotopic (exact) mass is 279 g/mol. The topological polar surface area (TPSA) is 84.3 Å². The molecule has 110 valence electrons. The van der Waals surface area contributed by atoms with Crippen LogP contribution in [-0.4, -0.2) is 22.4 Å². The number of aryl methyl sites for hydroxylation is 1. The zero-order chi connectivity index (χ0) is 15.5. The van der Waals surface area contributed by atoms with Crippen molar-refractivity contribution in [1.29, 1.82) is 0 Å². The van der Waals surface area contributed by atoms with E-state index >= 15 is 0 Å². The van der Waals surface area contributed by atoms with E-state index < -0.39 is 11.0 Å². The molecule has 0 aliphatic carbocycles. The van der Waals surface area contributed by atoms with Crippen molar-refractivity contribution in [2.24, 2.45) is 0 Å². The van der Waals surface area contributed by atoms with Gasteiger partial charge in [-0.1, -0.05) is 6.07 Å². The number of nitro groups is 1. The fourth-order valence-corrected chi connectivity index (χ4v) is 1.66. The first kappa shape index (κ1) is 15.9. The summed E-state index contributed by atoms with van der Waals surface area (Å²) < 4.78 is 0. The van der Waals surface area contributed by atoms with Gasteiger partial charge in [-0.2, -0.15) is 0 Å². The molecular formula is C14H21N3O3. The Balaban J connectivity index is 2.85. The van der Waals surface area contributed by atoms with Crippen molar-refractivity contribution in [3.8, 4) is 0 Å². The summed E-state index contributed by atoms with van der Waals surface area (Å²) in [6.07, 6.45) is 0. The summed E-state index contributed by atoms with van der Waals surface area (Å²) in [5.41, 5.74) is 1.13. The largest absolute Gasteiger partial charge is 0.373 e. The highest BCUT2D eigenvalue weighted by Crippen LogP contribution is 2.22. The average Bonchev–Trinajstić information content (AvgIpc) is 2.29. The lowest BCUT2D eigenvalue weighted by Crippen LogP contribution is -2.47. The molecule has 1 aromatic carbocycles. The molecule has 0 spiro atoms. The Morgan fingerprint density at radius 3 is 2.45 bits per heavy atom. The normalized spacial score (nSPS) is 12.7. The number of amides is 1. The van der Waals surface area contributed by atoms with Gasteiger partial charge in [0, 0.05) is 23.4 Å². The Morgan fingerprint density at radius 2 is 1.95 bits per heavy atom.